The van der Waals surface area contributed by atoms with Crippen LogP contribution in [-0.4, -0.2) is 46.1 Å². The van der Waals surface area contributed by atoms with E-state index >= 15 is 0 Å². The summed E-state index contributed by atoms with van der Waals surface area (Å²) in [7, 11) is 0. The maximum Gasteiger partial charge on any atom is 0.323 e. The number of anilines is 1. The fourth-order valence-corrected chi connectivity index (χ4v) is 4.92. The first-order chi connectivity index (χ1) is 15.2. The molecule has 1 saturated heterocycles. The predicted octanol–water partition coefficient (Wildman–Crippen LogP) is 4.58. The number of aromatic nitrogens is 2. The summed E-state index contributed by atoms with van der Waals surface area (Å²) in [6.45, 7) is 10.1. The fourth-order valence-electron chi connectivity index (χ4n) is 3.95. The van der Waals surface area contributed by atoms with Crippen molar-refractivity contribution in [3.63, 3.8) is 0 Å². The first kappa shape index (κ1) is 21.9. The van der Waals surface area contributed by atoms with Crippen LogP contribution in [0, 0.1) is 25.2 Å². The quantitative estimate of drug-likeness (QED) is 0.614. The Bertz CT molecular complexity index is 1190. The van der Waals surface area contributed by atoms with Crippen LogP contribution in [0.3, 0.4) is 0 Å². The van der Waals surface area contributed by atoms with Gasteiger partial charge in [-0.25, -0.2) is 9.78 Å². The van der Waals surface area contributed by atoms with Crippen LogP contribution < -0.4 is 10.6 Å². The molecule has 2 aromatic heterocycles. The van der Waals surface area contributed by atoms with Crippen molar-refractivity contribution < 1.29 is 4.79 Å². The van der Waals surface area contributed by atoms with Crippen molar-refractivity contribution in [1.29, 1.82) is 5.26 Å². The van der Waals surface area contributed by atoms with Crippen LogP contribution in [0.4, 0.5) is 9.93 Å². The van der Waals surface area contributed by atoms with E-state index < -0.39 is 0 Å². The molecule has 0 saturated carbocycles. The maximum atomic E-state index is 13.0. The highest BCUT2D eigenvalue weighted by Crippen LogP contribution is 2.39. The molecule has 1 aromatic carbocycles. The van der Waals surface area contributed by atoms with Gasteiger partial charge in [-0.3, -0.25) is 10.3 Å². The number of carbonyl (C=O) groups is 1. The molecule has 0 atom stereocenters. The van der Waals surface area contributed by atoms with E-state index in [0.29, 0.717) is 23.8 Å². The molecule has 0 radical (unpaired) electrons. The van der Waals surface area contributed by atoms with Gasteiger partial charge in [0.15, 0.2) is 5.13 Å². The third kappa shape index (κ3) is 4.79. The highest BCUT2D eigenvalue weighted by molar-refractivity contribution is 7.19. The van der Waals surface area contributed by atoms with Gasteiger partial charge in [-0.05, 0) is 57.5 Å². The number of urea groups is 1. The summed E-state index contributed by atoms with van der Waals surface area (Å²) in [6, 6.07) is 13.4. The number of pyridine rings is 1. The van der Waals surface area contributed by atoms with Gasteiger partial charge in [-0.1, -0.05) is 23.5 Å². The molecule has 1 fully saturated rings. The summed E-state index contributed by atoms with van der Waals surface area (Å²) in [5, 5.41) is 16.3. The van der Waals surface area contributed by atoms with Gasteiger partial charge in [0.1, 0.15) is 0 Å². The molecule has 2 amide bonds. The van der Waals surface area contributed by atoms with E-state index in [0.717, 1.165) is 39.6 Å². The molecule has 0 aliphatic carbocycles. The topological polar surface area (TPSA) is 93.9 Å². The fraction of sp³-hybridized carbons (Fsp3) is 0.333. The molecule has 1 aliphatic heterocycles. The third-order valence-electron chi connectivity index (χ3n) is 5.31. The van der Waals surface area contributed by atoms with E-state index in [1.165, 1.54) is 11.3 Å². The number of amides is 2. The van der Waals surface area contributed by atoms with Gasteiger partial charge in [0.25, 0.3) is 0 Å². The monoisotopic (exact) mass is 446 g/mol. The number of hydrogen-bond donors (Lipinski definition) is 2. The Morgan fingerprint density at radius 3 is 2.62 bits per heavy atom. The zero-order valence-corrected chi connectivity index (χ0v) is 19.5. The van der Waals surface area contributed by atoms with Crippen LogP contribution >= 0.6 is 11.3 Å². The van der Waals surface area contributed by atoms with Gasteiger partial charge in [-0.2, -0.15) is 5.26 Å². The van der Waals surface area contributed by atoms with Crippen LogP contribution in [0.2, 0.25) is 0 Å². The van der Waals surface area contributed by atoms with Crippen molar-refractivity contribution >= 4 is 22.5 Å². The Morgan fingerprint density at radius 2 is 1.94 bits per heavy atom. The van der Waals surface area contributed by atoms with Gasteiger partial charge in [0.2, 0.25) is 0 Å². The molecule has 4 rings (SSSR count). The molecular formula is C24H26N6OS. The molecule has 2 N–H and O–H groups in total. The molecule has 164 valence electrons. The lowest BCUT2D eigenvalue weighted by Crippen LogP contribution is -2.59. The number of nitrogens with one attached hydrogen (secondary N) is 2. The average Bonchev–Trinajstić information content (AvgIpc) is 3.16. The Kier molecular flexibility index (Phi) is 5.96. The van der Waals surface area contributed by atoms with Gasteiger partial charge in [0, 0.05) is 42.1 Å². The second-order valence-corrected chi connectivity index (χ2v) is 9.69. The Hall–Kier alpha value is -3.28. The lowest BCUT2D eigenvalue weighted by atomic mass is 10.0. The molecular weight excluding hydrogens is 420 g/mol. The second kappa shape index (κ2) is 8.69. The number of piperazine rings is 1. The third-order valence-corrected chi connectivity index (χ3v) is 6.33. The summed E-state index contributed by atoms with van der Waals surface area (Å²) in [5.74, 6) is 0. The maximum absolute atomic E-state index is 13.0. The SMILES string of the molecule is Cc1cc(-c2sc(NC(=O)N3CCNC(C)(C)C3)nc2-c2cccc(C#N)c2)cc(C)n1. The number of carbonyl (C=O) groups excluding carboxylic acids is 1. The van der Waals surface area contributed by atoms with Crippen LogP contribution in [0.5, 0.6) is 0 Å². The summed E-state index contributed by atoms with van der Waals surface area (Å²) in [6.07, 6.45) is 0. The van der Waals surface area contributed by atoms with Gasteiger partial charge in [0.05, 0.1) is 22.2 Å². The van der Waals surface area contributed by atoms with Crippen molar-refractivity contribution in [2.75, 3.05) is 25.0 Å². The smallest absolute Gasteiger partial charge is 0.321 e. The summed E-state index contributed by atoms with van der Waals surface area (Å²) < 4.78 is 0. The molecule has 1 aliphatic rings. The van der Waals surface area contributed by atoms with Crippen LogP contribution in [0.25, 0.3) is 21.7 Å². The van der Waals surface area contributed by atoms with E-state index in [1.54, 1.807) is 6.07 Å². The van der Waals surface area contributed by atoms with Crippen molar-refractivity contribution in [1.82, 2.24) is 20.2 Å². The van der Waals surface area contributed by atoms with Crippen molar-refractivity contribution in [3.8, 4) is 27.8 Å². The first-order valence-electron chi connectivity index (χ1n) is 10.5. The molecule has 32 heavy (non-hydrogen) atoms. The number of thiazole rings is 1. The highest BCUT2D eigenvalue weighted by Gasteiger charge is 2.29. The Morgan fingerprint density at radius 1 is 1.19 bits per heavy atom. The number of nitriles is 1. The lowest BCUT2D eigenvalue weighted by molar-refractivity contribution is 0.165. The normalized spacial score (nSPS) is 15.3. The van der Waals surface area contributed by atoms with Crippen LogP contribution in [-0.2, 0) is 0 Å². The summed E-state index contributed by atoms with van der Waals surface area (Å²) >= 11 is 1.43. The van der Waals surface area contributed by atoms with Crippen LogP contribution in [0.15, 0.2) is 36.4 Å². The summed E-state index contributed by atoms with van der Waals surface area (Å²) in [5.41, 5.74) is 4.85. The highest BCUT2D eigenvalue weighted by atomic mass is 32.1. The number of aryl methyl sites for hydroxylation is 2. The lowest BCUT2D eigenvalue weighted by Gasteiger charge is -2.38. The largest absolute Gasteiger partial charge is 0.323 e. The number of hydrogen-bond acceptors (Lipinski definition) is 6. The zero-order valence-electron chi connectivity index (χ0n) is 18.7. The number of nitrogens with zero attached hydrogens (tertiary/aromatic N) is 4. The zero-order chi connectivity index (χ0) is 22.9. The van der Waals surface area contributed by atoms with E-state index in [9.17, 15) is 10.1 Å². The van der Waals surface area contributed by atoms with Gasteiger partial charge in [-0.15, -0.1) is 0 Å². The predicted molar refractivity (Wildman–Crippen MR) is 128 cm³/mol. The number of rotatable bonds is 3. The Balaban J connectivity index is 1.72. The average molecular weight is 447 g/mol. The van der Waals surface area contributed by atoms with Crippen molar-refractivity contribution in [3.05, 3.63) is 53.3 Å². The van der Waals surface area contributed by atoms with Crippen molar-refractivity contribution in [2.24, 2.45) is 0 Å². The van der Waals surface area contributed by atoms with E-state index in [-0.39, 0.29) is 11.6 Å². The minimum atomic E-state index is -0.153. The summed E-state index contributed by atoms with van der Waals surface area (Å²) in [4.78, 5) is 25.0. The van der Waals surface area contributed by atoms with E-state index in [4.69, 9.17) is 4.98 Å². The van der Waals surface area contributed by atoms with Gasteiger partial charge < -0.3 is 10.2 Å². The molecule has 7 nitrogen and oxygen atoms in total. The standard InChI is InChI=1S/C24H26N6OS/c1-15-10-19(11-16(2)27-15)21-20(18-7-5-6-17(12-18)13-25)28-22(32-21)29-23(31)30-9-8-26-24(3,4)14-30/h5-7,10-12,26H,8-9,14H2,1-4H3,(H,28,29,31). The number of benzene rings is 1. The minimum Gasteiger partial charge on any atom is -0.321 e. The van der Waals surface area contributed by atoms with E-state index in [2.05, 4.69) is 35.5 Å². The molecule has 0 unspecified atom stereocenters. The first-order valence-corrected chi connectivity index (χ1v) is 11.3. The molecule has 3 heterocycles. The van der Waals surface area contributed by atoms with Crippen molar-refractivity contribution in [2.45, 2.75) is 33.2 Å². The Labute approximate surface area is 192 Å². The molecule has 0 spiro atoms. The van der Waals surface area contributed by atoms with Crippen LogP contribution in [0.1, 0.15) is 30.8 Å². The molecule has 0 bridgehead atoms. The van der Waals surface area contributed by atoms with Gasteiger partial charge >= 0.3 is 6.03 Å². The minimum absolute atomic E-state index is 0.126. The molecule has 8 heteroatoms. The molecule has 3 aromatic rings. The second-order valence-electron chi connectivity index (χ2n) is 8.69. The van der Waals surface area contributed by atoms with E-state index in [1.807, 2.05) is 49.1 Å².